The van der Waals surface area contributed by atoms with Gasteiger partial charge < -0.3 is 5.21 Å². The molecule has 7 heavy (non-hydrogen) atoms. The summed E-state index contributed by atoms with van der Waals surface area (Å²) < 4.78 is 0. The first-order chi connectivity index (χ1) is 3.18. The first kappa shape index (κ1) is 6.62. The van der Waals surface area contributed by atoms with Gasteiger partial charge in [0.2, 0.25) is 0 Å². The van der Waals surface area contributed by atoms with Crippen LogP contribution in [0.4, 0.5) is 0 Å². The minimum atomic E-state index is -0.400. The Bertz CT molecular complexity index is 70.1. The van der Waals surface area contributed by atoms with Gasteiger partial charge in [-0.1, -0.05) is 6.92 Å². The molecule has 0 aliphatic carbocycles. The van der Waals surface area contributed by atoms with Crippen LogP contribution in [-0.2, 0) is 0 Å². The molecule has 3 N–H and O–H groups in total. The molecular weight excluding hydrogens is 92.1 g/mol. The summed E-state index contributed by atoms with van der Waals surface area (Å²) in [6.45, 7) is 5.24. The smallest absolute Gasteiger partial charge is 0.119 e. The maximum Gasteiger partial charge on any atom is 0.119 e. The summed E-state index contributed by atoms with van der Waals surface area (Å²) in [7, 11) is 0. The number of nitrogens with one attached hydrogen (secondary N) is 1. The molecular formula is C4H10N2O. The molecule has 0 aliphatic heterocycles. The van der Waals surface area contributed by atoms with Gasteiger partial charge in [-0.2, -0.15) is 5.84 Å². The molecule has 1 unspecified atom stereocenters. The van der Waals surface area contributed by atoms with E-state index in [1.807, 2.05) is 6.92 Å². The van der Waals surface area contributed by atoms with E-state index in [1.165, 1.54) is 0 Å². The molecule has 0 aromatic carbocycles. The van der Waals surface area contributed by atoms with Crippen molar-refractivity contribution in [3.05, 3.63) is 17.5 Å². The summed E-state index contributed by atoms with van der Waals surface area (Å²) in [5.41, 5.74) is 0.486. The molecule has 0 bridgehead atoms. The summed E-state index contributed by atoms with van der Waals surface area (Å²) in [6.07, 6.45) is 0.648. The molecule has 0 aromatic rings. The predicted molar refractivity (Wildman–Crippen MR) is 27.9 cm³/mol. The second-order valence-electron chi connectivity index (χ2n) is 1.32. The zero-order chi connectivity index (χ0) is 5.86. The van der Waals surface area contributed by atoms with Gasteiger partial charge in [0.1, 0.15) is 5.70 Å². The first-order valence-corrected chi connectivity index (χ1v) is 2.16. The van der Waals surface area contributed by atoms with E-state index in [-0.39, 0.29) is 0 Å². The fourth-order valence-electron chi connectivity index (χ4n) is 0.174. The van der Waals surface area contributed by atoms with E-state index in [4.69, 9.17) is 5.84 Å². The van der Waals surface area contributed by atoms with Gasteiger partial charge in [0.25, 0.3) is 0 Å². The van der Waals surface area contributed by atoms with Crippen LogP contribution in [-0.4, -0.2) is 0 Å². The zero-order valence-electron chi connectivity index (χ0n) is 4.40. The first-order valence-electron chi connectivity index (χ1n) is 2.16. The minimum absolute atomic E-state index is 0.400. The van der Waals surface area contributed by atoms with Crippen LogP contribution in [0.1, 0.15) is 13.3 Å². The number of quaternary nitrogens is 1. The summed E-state index contributed by atoms with van der Waals surface area (Å²) in [6, 6.07) is 0. The van der Waals surface area contributed by atoms with Crippen molar-refractivity contribution in [1.82, 2.24) is 0 Å². The third-order valence-electron chi connectivity index (χ3n) is 0.775. The van der Waals surface area contributed by atoms with E-state index in [0.717, 1.165) is 0 Å². The fraction of sp³-hybridized carbons (Fsp3) is 0.500. The Morgan fingerprint density at radius 2 is 2.43 bits per heavy atom. The maximum atomic E-state index is 10.1. The Morgan fingerprint density at radius 1 is 2.00 bits per heavy atom. The van der Waals surface area contributed by atoms with Crippen LogP contribution in [0, 0.1) is 5.21 Å². The Labute approximate surface area is 43.0 Å². The number of rotatable bonds is 2. The fourth-order valence-corrected chi connectivity index (χ4v) is 0.174. The van der Waals surface area contributed by atoms with Crippen molar-refractivity contribution < 1.29 is 5.17 Å². The van der Waals surface area contributed by atoms with E-state index in [2.05, 4.69) is 6.58 Å². The van der Waals surface area contributed by atoms with Gasteiger partial charge >= 0.3 is 0 Å². The molecule has 3 heteroatoms. The highest BCUT2D eigenvalue weighted by Gasteiger charge is 1.90. The Kier molecular flexibility index (Phi) is 2.59. The van der Waals surface area contributed by atoms with Crippen molar-refractivity contribution in [2.75, 3.05) is 0 Å². The molecule has 0 saturated carbocycles. The third kappa shape index (κ3) is 2.33. The average molecular weight is 102 g/mol. The molecule has 0 heterocycles. The highest BCUT2D eigenvalue weighted by atomic mass is 16.5. The lowest BCUT2D eigenvalue weighted by atomic mass is 10.4. The molecule has 0 aromatic heterocycles. The number of hydrogen-bond donors (Lipinski definition) is 2. The summed E-state index contributed by atoms with van der Waals surface area (Å²) in [5, 5.41) is 9.65. The number of hydroxylamine groups is 1. The van der Waals surface area contributed by atoms with Crippen LogP contribution in [0.3, 0.4) is 0 Å². The molecule has 0 saturated heterocycles. The van der Waals surface area contributed by atoms with Crippen LogP contribution in [0.2, 0.25) is 0 Å². The zero-order valence-corrected chi connectivity index (χ0v) is 4.40. The molecule has 0 fully saturated rings. The standard InChI is InChI=1S/C4H10N2O/c1-3-4(2)6(5)7/h6H,2-3,5H2,1H3. The average Bonchev–Trinajstić information content (AvgIpc) is 1.65. The lowest BCUT2D eigenvalue weighted by molar-refractivity contribution is -0.820. The van der Waals surface area contributed by atoms with Gasteiger partial charge in [0.05, 0.1) is 0 Å². The van der Waals surface area contributed by atoms with Crippen molar-refractivity contribution in [3.63, 3.8) is 0 Å². The van der Waals surface area contributed by atoms with Gasteiger partial charge in [0, 0.05) is 6.42 Å². The van der Waals surface area contributed by atoms with Crippen molar-refractivity contribution in [3.8, 4) is 0 Å². The Morgan fingerprint density at radius 3 is 2.43 bits per heavy atom. The minimum Gasteiger partial charge on any atom is -0.608 e. The second-order valence-corrected chi connectivity index (χ2v) is 1.32. The quantitative estimate of drug-likeness (QED) is 0.353. The Hall–Kier alpha value is -0.380. The topological polar surface area (TPSA) is 53.5 Å². The molecule has 0 aliphatic rings. The van der Waals surface area contributed by atoms with E-state index in [0.29, 0.717) is 12.1 Å². The predicted octanol–water partition coefficient (Wildman–Crippen LogP) is -0.833. The molecule has 0 amide bonds. The van der Waals surface area contributed by atoms with Crippen molar-refractivity contribution in [2.24, 2.45) is 5.84 Å². The highest BCUT2D eigenvalue weighted by Crippen LogP contribution is 1.79. The van der Waals surface area contributed by atoms with Crippen molar-refractivity contribution >= 4 is 0 Å². The lowest BCUT2D eigenvalue weighted by Gasteiger charge is -2.14. The molecule has 0 spiro atoms. The largest absolute Gasteiger partial charge is 0.608 e. The monoisotopic (exact) mass is 102 g/mol. The normalized spacial score (nSPS) is 13.6. The number of allylic oxidation sites excluding steroid dienone is 1. The van der Waals surface area contributed by atoms with Crippen LogP contribution in [0.15, 0.2) is 12.3 Å². The van der Waals surface area contributed by atoms with Crippen LogP contribution in [0.25, 0.3) is 0 Å². The second kappa shape index (κ2) is 2.74. The van der Waals surface area contributed by atoms with E-state index < -0.39 is 5.17 Å². The highest BCUT2D eigenvalue weighted by molar-refractivity contribution is 4.75. The lowest BCUT2D eigenvalue weighted by Crippen LogP contribution is -3.11. The van der Waals surface area contributed by atoms with Gasteiger partial charge in [-0.25, -0.2) is 0 Å². The molecule has 3 nitrogen and oxygen atoms in total. The number of nitrogens with two attached hydrogens (primary N) is 1. The van der Waals surface area contributed by atoms with E-state index in [1.54, 1.807) is 0 Å². The van der Waals surface area contributed by atoms with Gasteiger partial charge in [-0.15, -0.1) is 0 Å². The van der Waals surface area contributed by atoms with Crippen molar-refractivity contribution in [2.45, 2.75) is 13.3 Å². The van der Waals surface area contributed by atoms with E-state index in [9.17, 15) is 5.21 Å². The van der Waals surface area contributed by atoms with E-state index >= 15 is 0 Å². The van der Waals surface area contributed by atoms with Gasteiger partial charge in [-0.05, 0) is 6.58 Å². The molecule has 1 atom stereocenters. The number of hydrogen-bond acceptors (Lipinski definition) is 2. The molecule has 42 valence electrons. The summed E-state index contributed by atoms with van der Waals surface area (Å²) >= 11 is 0. The molecule has 0 rings (SSSR count). The van der Waals surface area contributed by atoms with Crippen molar-refractivity contribution in [1.29, 1.82) is 0 Å². The SMILES string of the molecule is C=C(CC)[NH+](N)[O-]. The van der Waals surface area contributed by atoms with Crippen LogP contribution < -0.4 is 11.0 Å². The summed E-state index contributed by atoms with van der Waals surface area (Å²) in [4.78, 5) is 0. The van der Waals surface area contributed by atoms with Crippen LogP contribution in [0.5, 0.6) is 0 Å². The van der Waals surface area contributed by atoms with Crippen LogP contribution >= 0.6 is 0 Å². The molecule has 0 radical (unpaired) electrons. The third-order valence-corrected chi connectivity index (χ3v) is 0.775. The van der Waals surface area contributed by atoms with Gasteiger partial charge in [0.15, 0.2) is 0 Å². The maximum absolute atomic E-state index is 10.1. The van der Waals surface area contributed by atoms with Gasteiger partial charge in [-0.3, -0.25) is 5.17 Å². The Balaban J connectivity index is 3.35. The summed E-state index contributed by atoms with van der Waals surface area (Å²) in [5.74, 6) is 4.81.